The van der Waals surface area contributed by atoms with E-state index in [1.54, 1.807) is 0 Å². The number of hydrogen-bond acceptors (Lipinski definition) is 3. The molecule has 0 amide bonds. The standard InChI is InChI=1S/C9H17NO2S/c1-9(4-5-9)10-8-2-6-13(11,12)7-3-8/h8,10H,2-7H2,1H3. The Hall–Kier alpha value is -0.0900. The van der Waals surface area contributed by atoms with E-state index in [2.05, 4.69) is 12.2 Å². The maximum atomic E-state index is 11.1. The van der Waals surface area contributed by atoms with Crippen molar-refractivity contribution in [2.75, 3.05) is 11.5 Å². The molecule has 1 saturated carbocycles. The third kappa shape index (κ3) is 2.44. The lowest BCUT2D eigenvalue weighted by atomic mass is 10.1. The normalized spacial score (nSPS) is 31.5. The molecule has 13 heavy (non-hydrogen) atoms. The first-order valence-corrected chi connectivity index (χ1v) is 6.79. The van der Waals surface area contributed by atoms with E-state index in [1.807, 2.05) is 0 Å². The molecule has 0 aromatic rings. The van der Waals surface area contributed by atoms with Gasteiger partial charge >= 0.3 is 0 Å². The largest absolute Gasteiger partial charge is 0.309 e. The van der Waals surface area contributed by atoms with Crippen LogP contribution in [-0.4, -0.2) is 31.5 Å². The molecule has 0 unspecified atom stereocenters. The molecule has 4 heteroatoms. The highest BCUT2D eigenvalue weighted by Crippen LogP contribution is 2.35. The van der Waals surface area contributed by atoms with E-state index in [0.29, 0.717) is 23.1 Å². The summed E-state index contributed by atoms with van der Waals surface area (Å²) in [5, 5.41) is 3.54. The zero-order chi connectivity index (χ0) is 9.53. The van der Waals surface area contributed by atoms with Gasteiger partial charge in [-0.2, -0.15) is 0 Å². The SMILES string of the molecule is CC1(NC2CCS(=O)(=O)CC2)CC1. The predicted molar refractivity (Wildman–Crippen MR) is 52.5 cm³/mol. The number of nitrogens with one attached hydrogen (secondary N) is 1. The second kappa shape index (κ2) is 2.95. The van der Waals surface area contributed by atoms with Crippen LogP contribution in [0.25, 0.3) is 0 Å². The molecule has 1 N–H and O–H groups in total. The molecule has 1 aliphatic heterocycles. The number of hydrogen-bond donors (Lipinski definition) is 1. The van der Waals surface area contributed by atoms with Gasteiger partial charge in [0.15, 0.2) is 0 Å². The van der Waals surface area contributed by atoms with Crippen molar-refractivity contribution in [1.82, 2.24) is 5.32 Å². The topological polar surface area (TPSA) is 46.2 Å². The van der Waals surface area contributed by atoms with Gasteiger partial charge in [0.2, 0.25) is 0 Å². The Kier molecular flexibility index (Phi) is 2.15. The lowest BCUT2D eigenvalue weighted by Gasteiger charge is -2.26. The third-order valence-electron chi connectivity index (χ3n) is 3.11. The minimum atomic E-state index is -2.69. The summed E-state index contributed by atoms with van der Waals surface area (Å²) >= 11 is 0. The minimum absolute atomic E-state index is 0.339. The summed E-state index contributed by atoms with van der Waals surface area (Å²) in [4.78, 5) is 0. The summed E-state index contributed by atoms with van der Waals surface area (Å²) in [6.45, 7) is 2.22. The summed E-state index contributed by atoms with van der Waals surface area (Å²) in [5.41, 5.74) is 0.339. The van der Waals surface area contributed by atoms with Crippen LogP contribution in [0, 0.1) is 0 Å². The molecule has 1 saturated heterocycles. The van der Waals surface area contributed by atoms with Crippen molar-refractivity contribution in [3.05, 3.63) is 0 Å². The monoisotopic (exact) mass is 203 g/mol. The lowest BCUT2D eigenvalue weighted by Crippen LogP contribution is -2.43. The molecule has 2 fully saturated rings. The van der Waals surface area contributed by atoms with Crippen LogP contribution in [0.2, 0.25) is 0 Å². The van der Waals surface area contributed by atoms with Crippen LogP contribution < -0.4 is 5.32 Å². The minimum Gasteiger partial charge on any atom is -0.309 e. The molecule has 0 aromatic heterocycles. The molecule has 76 valence electrons. The summed E-state index contributed by atoms with van der Waals surface area (Å²) in [5.74, 6) is 0.751. The maximum Gasteiger partial charge on any atom is 0.150 e. The Labute approximate surface area is 79.8 Å². The Morgan fingerprint density at radius 1 is 1.23 bits per heavy atom. The molecule has 0 radical (unpaired) electrons. The van der Waals surface area contributed by atoms with Crippen LogP contribution >= 0.6 is 0 Å². The van der Waals surface area contributed by atoms with Crippen LogP contribution in [0.15, 0.2) is 0 Å². The average Bonchev–Trinajstić information content (AvgIpc) is 2.74. The van der Waals surface area contributed by atoms with Crippen LogP contribution in [0.3, 0.4) is 0 Å². The Morgan fingerprint density at radius 2 is 1.77 bits per heavy atom. The van der Waals surface area contributed by atoms with Crippen molar-refractivity contribution in [2.45, 2.75) is 44.2 Å². The maximum absolute atomic E-state index is 11.1. The van der Waals surface area contributed by atoms with Crippen LogP contribution in [-0.2, 0) is 9.84 Å². The second-order valence-electron chi connectivity index (χ2n) is 4.63. The third-order valence-corrected chi connectivity index (χ3v) is 4.82. The van der Waals surface area contributed by atoms with Crippen molar-refractivity contribution >= 4 is 9.84 Å². The van der Waals surface area contributed by atoms with Crippen molar-refractivity contribution in [3.8, 4) is 0 Å². The second-order valence-corrected chi connectivity index (χ2v) is 6.93. The van der Waals surface area contributed by atoms with Gasteiger partial charge in [-0.05, 0) is 32.6 Å². The van der Waals surface area contributed by atoms with Crippen LogP contribution in [0.5, 0.6) is 0 Å². The molecule has 0 bridgehead atoms. The van der Waals surface area contributed by atoms with E-state index in [-0.39, 0.29) is 0 Å². The van der Waals surface area contributed by atoms with Gasteiger partial charge in [-0.25, -0.2) is 8.42 Å². The van der Waals surface area contributed by atoms with Crippen LogP contribution in [0.4, 0.5) is 0 Å². The Balaban J connectivity index is 1.85. The highest BCUT2D eigenvalue weighted by atomic mass is 32.2. The molecule has 0 spiro atoms. The van der Waals surface area contributed by atoms with Gasteiger partial charge in [0.05, 0.1) is 11.5 Å². The van der Waals surface area contributed by atoms with E-state index >= 15 is 0 Å². The molecule has 0 atom stereocenters. The van der Waals surface area contributed by atoms with Gasteiger partial charge in [0.25, 0.3) is 0 Å². The number of rotatable bonds is 2. The molecule has 1 aliphatic carbocycles. The van der Waals surface area contributed by atoms with Crippen LogP contribution in [0.1, 0.15) is 32.6 Å². The van der Waals surface area contributed by atoms with E-state index in [4.69, 9.17) is 0 Å². The van der Waals surface area contributed by atoms with E-state index in [0.717, 1.165) is 12.8 Å². The molecular weight excluding hydrogens is 186 g/mol. The summed E-state index contributed by atoms with van der Waals surface area (Å²) in [6.07, 6.45) is 4.10. The van der Waals surface area contributed by atoms with Crippen molar-refractivity contribution in [2.24, 2.45) is 0 Å². The fourth-order valence-corrected chi connectivity index (χ4v) is 3.35. The first-order valence-electron chi connectivity index (χ1n) is 4.97. The zero-order valence-corrected chi connectivity index (χ0v) is 8.86. The molecular formula is C9H17NO2S. The molecule has 2 aliphatic rings. The average molecular weight is 203 g/mol. The number of sulfone groups is 1. The molecule has 1 heterocycles. The van der Waals surface area contributed by atoms with Crippen molar-refractivity contribution in [3.63, 3.8) is 0 Å². The summed E-state index contributed by atoms with van der Waals surface area (Å²) in [7, 11) is -2.69. The smallest absolute Gasteiger partial charge is 0.150 e. The summed E-state index contributed by atoms with van der Waals surface area (Å²) < 4.78 is 22.3. The van der Waals surface area contributed by atoms with E-state index < -0.39 is 9.84 Å². The first-order chi connectivity index (χ1) is 5.99. The first kappa shape index (κ1) is 9.46. The van der Waals surface area contributed by atoms with Gasteiger partial charge in [-0.15, -0.1) is 0 Å². The van der Waals surface area contributed by atoms with E-state index in [1.165, 1.54) is 12.8 Å². The van der Waals surface area contributed by atoms with Gasteiger partial charge in [0.1, 0.15) is 9.84 Å². The van der Waals surface area contributed by atoms with Crippen molar-refractivity contribution in [1.29, 1.82) is 0 Å². The van der Waals surface area contributed by atoms with Gasteiger partial charge < -0.3 is 5.32 Å². The Bertz CT molecular complexity index is 279. The lowest BCUT2D eigenvalue weighted by molar-refractivity contribution is 0.402. The highest BCUT2D eigenvalue weighted by molar-refractivity contribution is 7.91. The van der Waals surface area contributed by atoms with E-state index in [9.17, 15) is 8.42 Å². The summed E-state index contributed by atoms with van der Waals surface area (Å²) in [6, 6.07) is 0.441. The fourth-order valence-electron chi connectivity index (χ4n) is 1.86. The van der Waals surface area contributed by atoms with Crippen molar-refractivity contribution < 1.29 is 8.42 Å². The highest BCUT2D eigenvalue weighted by Gasteiger charge is 2.39. The van der Waals surface area contributed by atoms with Gasteiger partial charge in [-0.1, -0.05) is 0 Å². The quantitative estimate of drug-likeness (QED) is 0.719. The molecule has 0 aromatic carbocycles. The van der Waals surface area contributed by atoms with Gasteiger partial charge in [0, 0.05) is 11.6 Å². The predicted octanol–water partition coefficient (Wildman–Crippen LogP) is 0.706. The molecule has 2 rings (SSSR count). The Morgan fingerprint density at radius 3 is 2.23 bits per heavy atom. The zero-order valence-electron chi connectivity index (χ0n) is 8.04. The fraction of sp³-hybridized carbons (Fsp3) is 1.00. The molecule has 3 nitrogen and oxygen atoms in total. The van der Waals surface area contributed by atoms with Gasteiger partial charge in [-0.3, -0.25) is 0 Å².